The molecule has 11 nitrogen and oxygen atoms in total. The molecule has 314 valence electrons. The van der Waals surface area contributed by atoms with Gasteiger partial charge in [0.15, 0.2) is 13.2 Å². The quantitative estimate of drug-likeness (QED) is 0.0935. The van der Waals surface area contributed by atoms with E-state index in [4.69, 9.17) is 32.7 Å². The molecule has 0 radical (unpaired) electrons. The number of phenols is 2. The predicted octanol–water partition coefficient (Wildman–Crippen LogP) is 9.77. The van der Waals surface area contributed by atoms with Gasteiger partial charge in [0.1, 0.15) is 39.8 Å². The number of carbonyl (C=O) groups is 2. The Morgan fingerprint density at radius 2 is 1.03 bits per heavy atom. The Kier molecular flexibility index (Phi) is 13.9. The van der Waals surface area contributed by atoms with Gasteiger partial charge in [0.25, 0.3) is 11.8 Å². The number of aromatic hydroxyl groups is 2. The number of benzene rings is 6. The number of hydrogen-bond donors (Lipinski definition) is 4. The van der Waals surface area contributed by atoms with Crippen molar-refractivity contribution in [3.8, 4) is 29.1 Å². The number of nitrogens with one attached hydrogen (secondary N) is 2. The van der Waals surface area contributed by atoms with E-state index in [1.54, 1.807) is 121 Å². The molecular weight excluding hydrogens is 844 g/mol. The fraction of sp³-hybridized carbons (Fsp3) is 0.0816. The van der Waals surface area contributed by atoms with Gasteiger partial charge in [0, 0.05) is 39.9 Å². The summed E-state index contributed by atoms with van der Waals surface area (Å²) in [6.07, 6.45) is 3.07. The third kappa shape index (κ3) is 10.3. The van der Waals surface area contributed by atoms with E-state index >= 15 is 0 Å². The molecule has 0 spiro atoms. The largest absolute Gasteiger partial charge is 0.505 e. The highest BCUT2D eigenvalue weighted by atomic mass is 35.5. The van der Waals surface area contributed by atoms with Crippen LogP contribution >= 0.6 is 23.2 Å². The first-order chi connectivity index (χ1) is 30.6. The number of pyridine rings is 2. The van der Waals surface area contributed by atoms with Crippen LogP contribution in [-0.2, 0) is 9.59 Å². The molecule has 0 aliphatic heterocycles. The molecule has 2 aromatic heterocycles. The number of rotatable bonds is 12. The van der Waals surface area contributed by atoms with Crippen molar-refractivity contribution in [2.24, 2.45) is 0 Å². The number of aromatic nitrogens is 2. The molecule has 0 fully saturated rings. The standard InChI is InChI=1S/C25H18ClN3O3.C24H18ClFN2O3/c26-21-13-20(25(31)24-19(21)11-6-12-28-24)23(18-10-5-4-7-16(18)14-27)29-22(30)15-32-17-8-2-1-3-9-17;25-19-13-18(24(30)23-16(19)10-6-12-27-23)22(17-9-4-5-11-20(17)26)28-21(29)14-31-15-7-2-1-3-8-15/h1-13,23,31H,15H2,(H,29,30);1-13,22,30H,14H2,(H,28,29). The number of hydrogen-bond acceptors (Lipinski definition) is 9. The second-order valence-electron chi connectivity index (χ2n) is 13.8. The van der Waals surface area contributed by atoms with Gasteiger partial charge in [-0.1, -0.05) is 96.0 Å². The Morgan fingerprint density at radius 1 is 0.603 bits per heavy atom. The summed E-state index contributed by atoms with van der Waals surface area (Å²) in [5.41, 5.74) is 2.19. The van der Waals surface area contributed by atoms with Crippen LogP contribution in [0.15, 0.2) is 158 Å². The molecule has 2 atom stereocenters. The summed E-state index contributed by atoms with van der Waals surface area (Å²) in [5, 5.41) is 38.9. The zero-order chi connectivity index (χ0) is 44.3. The Bertz CT molecular complexity index is 2950. The third-order valence-corrected chi connectivity index (χ3v) is 10.4. The van der Waals surface area contributed by atoms with Crippen molar-refractivity contribution < 1.29 is 33.7 Å². The second-order valence-corrected chi connectivity index (χ2v) is 14.6. The highest BCUT2D eigenvalue weighted by Gasteiger charge is 2.27. The van der Waals surface area contributed by atoms with Crippen LogP contribution in [0, 0.1) is 17.1 Å². The molecule has 8 rings (SSSR count). The molecule has 6 aromatic carbocycles. The molecule has 0 saturated carbocycles. The fourth-order valence-corrected chi connectivity index (χ4v) is 7.33. The Morgan fingerprint density at radius 3 is 1.51 bits per heavy atom. The summed E-state index contributed by atoms with van der Waals surface area (Å²) in [5.74, 6) is -0.673. The number of nitriles is 1. The molecule has 0 bridgehead atoms. The van der Waals surface area contributed by atoms with E-state index in [0.29, 0.717) is 54.5 Å². The molecule has 0 aliphatic carbocycles. The third-order valence-electron chi connectivity index (χ3n) is 9.76. The van der Waals surface area contributed by atoms with E-state index in [9.17, 15) is 29.5 Å². The van der Waals surface area contributed by atoms with Crippen molar-refractivity contribution in [1.82, 2.24) is 20.6 Å². The Labute approximate surface area is 370 Å². The molecule has 2 amide bonds. The molecule has 2 heterocycles. The first-order valence-electron chi connectivity index (χ1n) is 19.3. The van der Waals surface area contributed by atoms with Crippen LogP contribution in [0.4, 0.5) is 4.39 Å². The van der Waals surface area contributed by atoms with Crippen LogP contribution in [0.5, 0.6) is 23.0 Å². The average Bonchev–Trinajstić information content (AvgIpc) is 3.32. The second kappa shape index (κ2) is 20.2. The van der Waals surface area contributed by atoms with Crippen molar-refractivity contribution in [1.29, 1.82) is 5.26 Å². The molecule has 14 heteroatoms. The Balaban J connectivity index is 0.000000189. The maximum Gasteiger partial charge on any atom is 0.258 e. The molecule has 0 saturated heterocycles. The monoisotopic (exact) mass is 879 g/mol. The van der Waals surface area contributed by atoms with Crippen molar-refractivity contribution in [2.45, 2.75) is 12.1 Å². The highest BCUT2D eigenvalue weighted by molar-refractivity contribution is 6.36. The van der Waals surface area contributed by atoms with E-state index in [0.717, 1.165) is 0 Å². The van der Waals surface area contributed by atoms with E-state index in [-0.39, 0.29) is 41.4 Å². The van der Waals surface area contributed by atoms with E-state index in [1.165, 1.54) is 24.4 Å². The number of carbonyl (C=O) groups excluding carboxylic acids is 2. The minimum absolute atomic E-state index is 0.118. The first kappa shape index (κ1) is 43.4. The number of ether oxygens (including phenoxy) is 2. The summed E-state index contributed by atoms with van der Waals surface area (Å²) in [4.78, 5) is 33.9. The van der Waals surface area contributed by atoms with E-state index in [1.807, 2.05) is 12.1 Å². The van der Waals surface area contributed by atoms with Gasteiger partial charge in [-0.25, -0.2) is 4.39 Å². The topological polar surface area (TPSA) is 167 Å². The zero-order valence-electron chi connectivity index (χ0n) is 33.1. The van der Waals surface area contributed by atoms with Crippen LogP contribution in [0.2, 0.25) is 10.0 Å². The average molecular weight is 881 g/mol. The van der Waals surface area contributed by atoms with Gasteiger partial charge >= 0.3 is 0 Å². The van der Waals surface area contributed by atoms with Gasteiger partial charge in [-0.15, -0.1) is 0 Å². The lowest BCUT2D eigenvalue weighted by atomic mass is 9.93. The number of halogens is 3. The van der Waals surface area contributed by atoms with Crippen molar-refractivity contribution >= 4 is 56.8 Å². The summed E-state index contributed by atoms with van der Waals surface area (Å²) in [7, 11) is 0. The van der Waals surface area contributed by atoms with Crippen LogP contribution in [0.1, 0.15) is 39.9 Å². The van der Waals surface area contributed by atoms with Gasteiger partial charge in [0.05, 0.1) is 33.8 Å². The van der Waals surface area contributed by atoms with Gasteiger partial charge in [-0.05, 0) is 78.4 Å². The first-order valence-corrected chi connectivity index (χ1v) is 20.1. The SMILES string of the molecule is N#Cc1ccccc1C(NC(=O)COc1ccccc1)c1cc(Cl)c2cccnc2c1O.O=C(COc1ccccc1)NC(c1ccccc1F)c1cc(Cl)c2cccnc2c1O. The summed E-state index contributed by atoms with van der Waals surface area (Å²) in [6, 6.07) is 41.0. The molecule has 8 aromatic rings. The molecule has 2 unspecified atom stereocenters. The van der Waals surface area contributed by atoms with Crippen molar-refractivity contribution in [3.63, 3.8) is 0 Å². The van der Waals surface area contributed by atoms with Crippen molar-refractivity contribution in [2.75, 3.05) is 13.2 Å². The minimum atomic E-state index is -1.00. The van der Waals surface area contributed by atoms with E-state index in [2.05, 4.69) is 26.7 Å². The molecular formula is C49H36Cl2FN5O6. The minimum Gasteiger partial charge on any atom is -0.505 e. The smallest absolute Gasteiger partial charge is 0.258 e. The molecule has 0 aliphatic rings. The highest BCUT2D eigenvalue weighted by Crippen LogP contribution is 2.40. The maximum absolute atomic E-state index is 14.7. The number of fused-ring (bicyclic) bond motifs is 2. The lowest BCUT2D eigenvalue weighted by Gasteiger charge is -2.23. The maximum atomic E-state index is 14.7. The number of para-hydroxylation sites is 2. The van der Waals surface area contributed by atoms with Crippen LogP contribution in [0.3, 0.4) is 0 Å². The lowest BCUT2D eigenvalue weighted by molar-refractivity contribution is -0.124. The van der Waals surface area contributed by atoms with Crippen molar-refractivity contribution in [3.05, 3.63) is 202 Å². The Hall–Kier alpha value is -7.72. The van der Waals surface area contributed by atoms with Crippen LogP contribution in [-0.4, -0.2) is 45.2 Å². The van der Waals surface area contributed by atoms with Gasteiger partial charge in [-0.2, -0.15) is 5.26 Å². The summed E-state index contributed by atoms with van der Waals surface area (Å²) in [6.45, 7) is -0.523. The van der Waals surface area contributed by atoms with Gasteiger partial charge < -0.3 is 30.3 Å². The van der Waals surface area contributed by atoms with Crippen LogP contribution < -0.4 is 20.1 Å². The van der Waals surface area contributed by atoms with Crippen LogP contribution in [0.25, 0.3) is 21.8 Å². The predicted molar refractivity (Wildman–Crippen MR) is 238 cm³/mol. The zero-order valence-corrected chi connectivity index (χ0v) is 34.6. The normalized spacial score (nSPS) is 11.7. The number of nitrogens with zero attached hydrogens (tertiary/aromatic N) is 3. The molecule has 63 heavy (non-hydrogen) atoms. The lowest BCUT2D eigenvalue weighted by Crippen LogP contribution is -2.33. The van der Waals surface area contributed by atoms with Gasteiger partial charge in [0.2, 0.25) is 0 Å². The van der Waals surface area contributed by atoms with E-state index < -0.39 is 29.7 Å². The summed E-state index contributed by atoms with van der Waals surface area (Å²) < 4.78 is 25.7. The number of amides is 2. The van der Waals surface area contributed by atoms with Gasteiger partial charge in [-0.3, -0.25) is 19.6 Å². The fourth-order valence-electron chi connectivity index (χ4n) is 6.79. The number of phenolic OH excluding ortho intramolecular Hbond substituents is 2. The molecule has 4 N–H and O–H groups in total. The summed E-state index contributed by atoms with van der Waals surface area (Å²) >= 11 is 12.9.